The van der Waals surface area contributed by atoms with Crippen molar-refractivity contribution >= 4 is 29.6 Å². The Balaban J connectivity index is 2.23. The number of rotatable bonds is 7. The molecule has 0 saturated carbocycles. The normalized spacial score (nSPS) is 10.5. The Bertz CT molecular complexity index is 469. The molecule has 1 rings (SSSR count). The number of carbonyl (C=O) groups excluding carboxylic acids is 2. The molecule has 0 aromatic heterocycles. The second kappa shape index (κ2) is 9.15. The zero-order valence-corrected chi connectivity index (χ0v) is 12.2. The molecular weight excluding hydrogens is 278 g/mol. The lowest BCUT2D eigenvalue weighted by Gasteiger charge is -2.02. The molecule has 1 amide bonds. The maximum atomic E-state index is 11.5. The van der Waals surface area contributed by atoms with Crippen LogP contribution in [0.2, 0.25) is 5.02 Å². The van der Waals surface area contributed by atoms with Crippen molar-refractivity contribution in [3.8, 4) is 0 Å². The summed E-state index contributed by atoms with van der Waals surface area (Å²) in [5, 5.41) is 3.36. The van der Waals surface area contributed by atoms with Crippen LogP contribution in [0, 0.1) is 0 Å². The highest BCUT2D eigenvalue weighted by Crippen LogP contribution is 2.10. The fourth-order valence-corrected chi connectivity index (χ4v) is 1.61. The highest BCUT2D eigenvalue weighted by molar-refractivity contribution is 6.30. The lowest BCUT2D eigenvalue weighted by molar-refractivity contribution is -0.143. The summed E-state index contributed by atoms with van der Waals surface area (Å²) in [7, 11) is 0. The third kappa shape index (κ3) is 6.95. The summed E-state index contributed by atoms with van der Waals surface area (Å²) in [4.78, 5) is 22.6. The molecule has 1 aromatic carbocycles. The van der Waals surface area contributed by atoms with E-state index >= 15 is 0 Å². The van der Waals surface area contributed by atoms with E-state index in [2.05, 4.69) is 5.32 Å². The Morgan fingerprint density at radius 3 is 2.65 bits per heavy atom. The SMILES string of the molecule is CCOC(=O)CCCNC(=O)C=Cc1ccc(Cl)cc1. The molecule has 108 valence electrons. The van der Waals surface area contributed by atoms with Gasteiger partial charge in [0.05, 0.1) is 6.61 Å². The lowest BCUT2D eigenvalue weighted by atomic mass is 10.2. The predicted molar refractivity (Wildman–Crippen MR) is 79.4 cm³/mol. The lowest BCUT2D eigenvalue weighted by Crippen LogP contribution is -2.22. The summed E-state index contributed by atoms with van der Waals surface area (Å²) in [5.41, 5.74) is 0.899. The number of halogens is 1. The van der Waals surface area contributed by atoms with Gasteiger partial charge in [0.2, 0.25) is 5.91 Å². The highest BCUT2D eigenvalue weighted by atomic mass is 35.5. The molecular formula is C15H18ClNO3. The van der Waals surface area contributed by atoms with Crippen LogP contribution < -0.4 is 5.32 Å². The van der Waals surface area contributed by atoms with Gasteiger partial charge in [-0.25, -0.2) is 0 Å². The summed E-state index contributed by atoms with van der Waals surface area (Å²) in [6.07, 6.45) is 4.04. The molecule has 4 nitrogen and oxygen atoms in total. The molecule has 5 heteroatoms. The van der Waals surface area contributed by atoms with Gasteiger partial charge in [-0.3, -0.25) is 9.59 Å². The Morgan fingerprint density at radius 2 is 2.00 bits per heavy atom. The van der Waals surface area contributed by atoms with Gasteiger partial charge in [0.15, 0.2) is 0 Å². The molecule has 0 saturated heterocycles. The van der Waals surface area contributed by atoms with Crippen molar-refractivity contribution in [2.24, 2.45) is 0 Å². The van der Waals surface area contributed by atoms with Crippen LogP contribution in [0.4, 0.5) is 0 Å². The third-order valence-electron chi connectivity index (χ3n) is 2.46. The van der Waals surface area contributed by atoms with Crippen LogP contribution >= 0.6 is 11.6 Å². The third-order valence-corrected chi connectivity index (χ3v) is 2.71. The van der Waals surface area contributed by atoms with E-state index in [0.717, 1.165) is 5.56 Å². The average Bonchev–Trinajstić information content (AvgIpc) is 2.43. The van der Waals surface area contributed by atoms with E-state index in [9.17, 15) is 9.59 Å². The number of nitrogens with one attached hydrogen (secondary N) is 1. The molecule has 1 aromatic rings. The second-order valence-corrected chi connectivity index (χ2v) is 4.52. The van der Waals surface area contributed by atoms with Crippen LogP contribution in [-0.4, -0.2) is 25.0 Å². The van der Waals surface area contributed by atoms with Crippen LogP contribution in [0.25, 0.3) is 6.08 Å². The molecule has 1 N–H and O–H groups in total. The van der Waals surface area contributed by atoms with Gasteiger partial charge in [-0.15, -0.1) is 0 Å². The standard InChI is InChI=1S/C15H18ClNO3/c1-2-20-15(19)4-3-11-17-14(18)10-7-12-5-8-13(16)9-6-12/h5-10H,2-4,11H2,1H3,(H,17,18). The number of hydrogen-bond acceptors (Lipinski definition) is 3. The second-order valence-electron chi connectivity index (χ2n) is 4.08. The minimum Gasteiger partial charge on any atom is -0.466 e. The van der Waals surface area contributed by atoms with Crippen molar-refractivity contribution in [2.45, 2.75) is 19.8 Å². The Labute approximate surface area is 123 Å². The zero-order valence-electron chi connectivity index (χ0n) is 11.4. The fourth-order valence-electron chi connectivity index (χ4n) is 1.48. The van der Waals surface area contributed by atoms with Crippen molar-refractivity contribution in [3.63, 3.8) is 0 Å². The van der Waals surface area contributed by atoms with Crippen molar-refractivity contribution in [1.82, 2.24) is 5.32 Å². The van der Waals surface area contributed by atoms with E-state index in [1.54, 1.807) is 25.1 Å². The molecule has 0 unspecified atom stereocenters. The van der Waals surface area contributed by atoms with Crippen LogP contribution in [0.15, 0.2) is 30.3 Å². The van der Waals surface area contributed by atoms with Gasteiger partial charge < -0.3 is 10.1 Å². The highest BCUT2D eigenvalue weighted by Gasteiger charge is 2.01. The van der Waals surface area contributed by atoms with Crippen LogP contribution in [0.5, 0.6) is 0 Å². The van der Waals surface area contributed by atoms with Gasteiger partial charge in [0.1, 0.15) is 0 Å². The molecule has 0 fully saturated rings. The van der Waals surface area contributed by atoms with Gasteiger partial charge in [-0.2, -0.15) is 0 Å². The van der Waals surface area contributed by atoms with E-state index in [1.165, 1.54) is 6.08 Å². The summed E-state index contributed by atoms with van der Waals surface area (Å²) >= 11 is 5.77. The topological polar surface area (TPSA) is 55.4 Å². The first-order valence-corrected chi connectivity index (χ1v) is 6.86. The van der Waals surface area contributed by atoms with Crippen LogP contribution in [0.1, 0.15) is 25.3 Å². The predicted octanol–water partition coefficient (Wildman–Crippen LogP) is 2.81. The van der Waals surface area contributed by atoms with Crippen molar-refractivity contribution < 1.29 is 14.3 Å². The van der Waals surface area contributed by atoms with Gasteiger partial charge in [-0.1, -0.05) is 23.7 Å². The van der Waals surface area contributed by atoms with Crippen molar-refractivity contribution in [1.29, 1.82) is 0 Å². The molecule has 0 aliphatic heterocycles. The van der Waals surface area contributed by atoms with E-state index in [0.29, 0.717) is 31.0 Å². The molecule has 0 heterocycles. The fraction of sp³-hybridized carbons (Fsp3) is 0.333. The minimum atomic E-state index is -0.238. The van der Waals surface area contributed by atoms with Gasteiger partial charge >= 0.3 is 5.97 Å². The first kappa shape index (κ1) is 16.2. The Morgan fingerprint density at radius 1 is 1.30 bits per heavy atom. The molecule has 0 spiro atoms. The molecule has 0 atom stereocenters. The first-order valence-electron chi connectivity index (χ1n) is 6.49. The van der Waals surface area contributed by atoms with E-state index in [-0.39, 0.29) is 11.9 Å². The van der Waals surface area contributed by atoms with Crippen LogP contribution in [-0.2, 0) is 14.3 Å². The van der Waals surface area contributed by atoms with Crippen molar-refractivity contribution in [2.75, 3.05) is 13.2 Å². The van der Waals surface area contributed by atoms with Crippen LogP contribution in [0.3, 0.4) is 0 Å². The Kier molecular flexibility index (Phi) is 7.43. The summed E-state index contributed by atoms with van der Waals surface area (Å²) < 4.78 is 4.79. The number of benzene rings is 1. The van der Waals surface area contributed by atoms with Crippen molar-refractivity contribution in [3.05, 3.63) is 40.9 Å². The van der Waals surface area contributed by atoms with Gasteiger partial charge in [-0.05, 0) is 37.1 Å². The maximum Gasteiger partial charge on any atom is 0.305 e. The number of carbonyl (C=O) groups is 2. The van der Waals surface area contributed by atoms with Gasteiger partial charge in [0, 0.05) is 24.1 Å². The largest absolute Gasteiger partial charge is 0.466 e. The van der Waals surface area contributed by atoms with E-state index in [1.807, 2.05) is 12.1 Å². The molecule has 20 heavy (non-hydrogen) atoms. The quantitative estimate of drug-likeness (QED) is 0.478. The molecule has 0 radical (unpaired) electrons. The minimum absolute atomic E-state index is 0.191. The van der Waals surface area contributed by atoms with E-state index < -0.39 is 0 Å². The Hall–Kier alpha value is -1.81. The number of amides is 1. The number of esters is 1. The zero-order chi connectivity index (χ0) is 14.8. The monoisotopic (exact) mass is 295 g/mol. The summed E-state index contributed by atoms with van der Waals surface area (Å²) in [6, 6.07) is 7.18. The number of ether oxygens (including phenoxy) is 1. The molecule has 0 bridgehead atoms. The number of hydrogen-bond donors (Lipinski definition) is 1. The smallest absolute Gasteiger partial charge is 0.305 e. The van der Waals surface area contributed by atoms with E-state index in [4.69, 9.17) is 16.3 Å². The first-order chi connectivity index (χ1) is 9.61. The average molecular weight is 296 g/mol. The molecule has 0 aliphatic carbocycles. The molecule has 0 aliphatic rings. The summed E-state index contributed by atoms with van der Waals surface area (Å²) in [5.74, 6) is -0.428. The van der Waals surface area contributed by atoms with Gasteiger partial charge in [0.25, 0.3) is 0 Å². The summed E-state index contributed by atoms with van der Waals surface area (Å²) in [6.45, 7) is 2.60. The maximum absolute atomic E-state index is 11.5.